The summed E-state index contributed by atoms with van der Waals surface area (Å²) in [4.78, 5) is 0. The Hall–Kier alpha value is -0.770. The lowest BCUT2D eigenvalue weighted by atomic mass is 10.0. The molecule has 3 N–H and O–H groups in total. The molecule has 4 heteroatoms. The summed E-state index contributed by atoms with van der Waals surface area (Å²) < 4.78 is 5.66. The Kier molecular flexibility index (Phi) is 3.14. The van der Waals surface area contributed by atoms with Gasteiger partial charge in [0.15, 0.2) is 0 Å². The Bertz CT molecular complexity index is 245. The average molecular weight is 212 g/mol. The first kappa shape index (κ1) is 10.7. The smallest absolute Gasteiger partial charge is 0.139 e. The van der Waals surface area contributed by atoms with Gasteiger partial charge in [-0.25, -0.2) is 0 Å². The first-order valence-corrected chi connectivity index (χ1v) is 5.78. The van der Waals surface area contributed by atoms with E-state index in [1.165, 1.54) is 19.3 Å². The highest BCUT2D eigenvalue weighted by molar-refractivity contribution is 5.80. The summed E-state index contributed by atoms with van der Waals surface area (Å²) in [5.41, 5.74) is 5.70. The van der Waals surface area contributed by atoms with Crippen LogP contribution in [0, 0.1) is 11.3 Å². The molecule has 2 saturated carbocycles. The van der Waals surface area contributed by atoms with Gasteiger partial charge in [0, 0.05) is 18.4 Å². The lowest BCUT2D eigenvalue weighted by Crippen LogP contribution is -2.21. The molecule has 0 radical (unpaired) electrons. The summed E-state index contributed by atoms with van der Waals surface area (Å²) in [6.45, 7) is 1.65. The van der Waals surface area contributed by atoms with Gasteiger partial charge in [-0.2, -0.15) is 0 Å². The van der Waals surface area contributed by atoms with Crippen LogP contribution in [0.2, 0.25) is 0 Å². The number of oxime groups is 1. The zero-order valence-corrected chi connectivity index (χ0v) is 9.11. The van der Waals surface area contributed by atoms with Crippen LogP contribution in [0.25, 0.3) is 0 Å². The molecule has 2 aliphatic carbocycles. The number of rotatable bonds is 7. The van der Waals surface area contributed by atoms with Crippen molar-refractivity contribution in [2.24, 2.45) is 22.2 Å². The molecule has 4 nitrogen and oxygen atoms in total. The molecule has 0 aromatic carbocycles. The van der Waals surface area contributed by atoms with Gasteiger partial charge >= 0.3 is 0 Å². The summed E-state index contributed by atoms with van der Waals surface area (Å²) >= 11 is 0. The van der Waals surface area contributed by atoms with Gasteiger partial charge in [-0.1, -0.05) is 18.0 Å². The second kappa shape index (κ2) is 4.39. The molecule has 0 heterocycles. The van der Waals surface area contributed by atoms with Crippen molar-refractivity contribution in [1.82, 2.24) is 0 Å². The largest absolute Gasteiger partial charge is 0.409 e. The van der Waals surface area contributed by atoms with E-state index in [1.54, 1.807) is 0 Å². The number of ether oxygens (including phenoxy) is 1. The number of hydrogen-bond donors (Lipinski definition) is 2. The van der Waals surface area contributed by atoms with Gasteiger partial charge in [-0.3, -0.25) is 0 Å². The fraction of sp³-hybridized carbons (Fsp3) is 0.909. The summed E-state index contributed by atoms with van der Waals surface area (Å²) in [6, 6.07) is 0. The van der Waals surface area contributed by atoms with Gasteiger partial charge in [-0.05, 0) is 25.2 Å². The predicted octanol–water partition coefficient (Wildman–Crippen LogP) is 1.72. The summed E-state index contributed by atoms with van der Waals surface area (Å²) in [5, 5.41) is 11.5. The fourth-order valence-electron chi connectivity index (χ4n) is 1.91. The van der Waals surface area contributed by atoms with E-state index in [0.717, 1.165) is 32.0 Å². The van der Waals surface area contributed by atoms with Gasteiger partial charge in [0.1, 0.15) is 5.84 Å². The Morgan fingerprint density at radius 3 is 2.73 bits per heavy atom. The molecule has 2 rings (SSSR count). The molecular weight excluding hydrogens is 192 g/mol. The Morgan fingerprint density at radius 2 is 2.20 bits per heavy atom. The highest BCUT2D eigenvalue weighted by atomic mass is 16.5. The minimum absolute atomic E-state index is 0.194. The number of nitrogens with zero attached hydrogens (tertiary/aromatic N) is 1. The number of amidine groups is 1. The predicted molar refractivity (Wildman–Crippen MR) is 57.9 cm³/mol. The zero-order valence-electron chi connectivity index (χ0n) is 9.11. The molecule has 15 heavy (non-hydrogen) atoms. The highest BCUT2D eigenvalue weighted by Gasteiger charge is 2.43. The van der Waals surface area contributed by atoms with Gasteiger partial charge < -0.3 is 15.7 Å². The first-order chi connectivity index (χ1) is 7.24. The maximum atomic E-state index is 8.50. The van der Waals surface area contributed by atoms with Crippen LogP contribution in [0.1, 0.15) is 38.5 Å². The molecule has 86 valence electrons. The minimum Gasteiger partial charge on any atom is -0.409 e. The molecule has 0 aliphatic heterocycles. The molecule has 0 bridgehead atoms. The third kappa shape index (κ3) is 3.38. The standard InChI is InChI=1S/C11H20N2O2/c12-10(13-14)7-11(4-5-11)8-15-6-3-9-1-2-9/h9,14H,1-8H2,(H2,12,13). The second-order valence-electron chi connectivity index (χ2n) is 5.05. The molecule has 0 aromatic heterocycles. The van der Waals surface area contributed by atoms with Crippen LogP contribution in [0.4, 0.5) is 0 Å². The molecule has 0 aromatic rings. The van der Waals surface area contributed by atoms with Gasteiger partial charge in [-0.15, -0.1) is 0 Å². The molecule has 0 amide bonds. The van der Waals surface area contributed by atoms with E-state index in [9.17, 15) is 0 Å². The average Bonchev–Trinajstić information content (AvgIpc) is 3.09. The molecule has 0 saturated heterocycles. The third-order valence-electron chi connectivity index (χ3n) is 3.42. The van der Waals surface area contributed by atoms with Gasteiger partial charge in [0.05, 0.1) is 6.61 Å². The lowest BCUT2D eigenvalue weighted by molar-refractivity contribution is 0.0877. The molecule has 0 atom stereocenters. The van der Waals surface area contributed by atoms with Crippen molar-refractivity contribution in [2.45, 2.75) is 38.5 Å². The van der Waals surface area contributed by atoms with Crippen molar-refractivity contribution in [3.05, 3.63) is 0 Å². The molecule has 0 spiro atoms. The van der Waals surface area contributed by atoms with Crippen molar-refractivity contribution < 1.29 is 9.94 Å². The molecular formula is C11H20N2O2. The lowest BCUT2D eigenvalue weighted by Gasteiger charge is -2.14. The van der Waals surface area contributed by atoms with Crippen molar-refractivity contribution in [3.8, 4) is 0 Å². The van der Waals surface area contributed by atoms with E-state index >= 15 is 0 Å². The molecule has 2 fully saturated rings. The number of nitrogens with two attached hydrogens (primary N) is 1. The molecule has 2 aliphatic rings. The van der Waals surface area contributed by atoms with Crippen LogP contribution in [-0.4, -0.2) is 24.3 Å². The van der Waals surface area contributed by atoms with Crippen molar-refractivity contribution in [2.75, 3.05) is 13.2 Å². The topological polar surface area (TPSA) is 67.8 Å². The van der Waals surface area contributed by atoms with Crippen LogP contribution in [-0.2, 0) is 4.74 Å². The van der Waals surface area contributed by atoms with E-state index in [1.807, 2.05) is 0 Å². The second-order valence-corrected chi connectivity index (χ2v) is 5.05. The maximum Gasteiger partial charge on any atom is 0.139 e. The normalized spacial score (nSPS) is 24.1. The van der Waals surface area contributed by atoms with E-state index in [-0.39, 0.29) is 5.41 Å². The van der Waals surface area contributed by atoms with Gasteiger partial charge in [0.25, 0.3) is 0 Å². The minimum atomic E-state index is 0.194. The Labute approximate surface area is 90.5 Å². The van der Waals surface area contributed by atoms with Crippen LogP contribution < -0.4 is 5.73 Å². The Morgan fingerprint density at radius 1 is 1.47 bits per heavy atom. The van der Waals surface area contributed by atoms with Crippen molar-refractivity contribution in [3.63, 3.8) is 0 Å². The summed E-state index contributed by atoms with van der Waals surface area (Å²) in [5.74, 6) is 1.27. The molecule has 0 unspecified atom stereocenters. The van der Waals surface area contributed by atoms with E-state index < -0.39 is 0 Å². The third-order valence-corrected chi connectivity index (χ3v) is 3.42. The SMILES string of the molecule is NC(CC1(COCCC2CC2)CC1)=NO. The first-order valence-electron chi connectivity index (χ1n) is 5.78. The van der Waals surface area contributed by atoms with E-state index in [0.29, 0.717) is 12.3 Å². The van der Waals surface area contributed by atoms with Gasteiger partial charge in [0.2, 0.25) is 0 Å². The van der Waals surface area contributed by atoms with Crippen LogP contribution in [0.15, 0.2) is 5.16 Å². The summed E-state index contributed by atoms with van der Waals surface area (Å²) in [7, 11) is 0. The zero-order chi connectivity index (χ0) is 10.7. The van der Waals surface area contributed by atoms with E-state index in [4.69, 9.17) is 15.7 Å². The maximum absolute atomic E-state index is 8.50. The van der Waals surface area contributed by atoms with Crippen molar-refractivity contribution >= 4 is 5.84 Å². The quantitative estimate of drug-likeness (QED) is 0.222. The highest BCUT2D eigenvalue weighted by Crippen LogP contribution is 2.49. The Balaban J connectivity index is 1.60. The number of hydrogen-bond acceptors (Lipinski definition) is 3. The summed E-state index contributed by atoms with van der Waals surface area (Å²) in [6.07, 6.45) is 6.95. The van der Waals surface area contributed by atoms with Crippen molar-refractivity contribution in [1.29, 1.82) is 0 Å². The van der Waals surface area contributed by atoms with Crippen LogP contribution >= 0.6 is 0 Å². The fourth-order valence-corrected chi connectivity index (χ4v) is 1.91. The monoisotopic (exact) mass is 212 g/mol. The van der Waals surface area contributed by atoms with E-state index in [2.05, 4.69) is 5.16 Å². The van der Waals surface area contributed by atoms with Crippen LogP contribution in [0.5, 0.6) is 0 Å². The van der Waals surface area contributed by atoms with Crippen LogP contribution in [0.3, 0.4) is 0 Å².